The molecule has 1 amide bonds. The summed E-state index contributed by atoms with van der Waals surface area (Å²) in [6.07, 6.45) is 0.871. The molecule has 3 N–H and O–H groups in total. The van der Waals surface area contributed by atoms with Gasteiger partial charge >= 0.3 is 0 Å². The largest absolute Gasteiger partial charge is 0.494 e. The van der Waals surface area contributed by atoms with E-state index in [4.69, 9.17) is 10.5 Å². The van der Waals surface area contributed by atoms with Gasteiger partial charge in [0, 0.05) is 17.8 Å². The maximum absolute atomic E-state index is 11.1. The number of amides is 1. The summed E-state index contributed by atoms with van der Waals surface area (Å²) >= 11 is 0. The molecular formula is C16H18N2O2. The number of carbonyl (C=O) groups excluding carboxylic acids is 1. The number of nitrogens with two attached hydrogens (primary N) is 1. The van der Waals surface area contributed by atoms with Crippen LogP contribution in [0.1, 0.15) is 16.8 Å². The second-order valence-corrected chi connectivity index (χ2v) is 4.39. The smallest absolute Gasteiger partial charge is 0.248 e. The van der Waals surface area contributed by atoms with Gasteiger partial charge in [-0.25, -0.2) is 0 Å². The van der Waals surface area contributed by atoms with Crippen LogP contribution in [0.4, 0.5) is 5.69 Å². The topological polar surface area (TPSA) is 64.4 Å². The summed E-state index contributed by atoms with van der Waals surface area (Å²) in [6, 6.07) is 16.9. The van der Waals surface area contributed by atoms with E-state index in [1.54, 1.807) is 12.1 Å². The molecule has 0 saturated heterocycles. The highest BCUT2D eigenvalue weighted by Crippen LogP contribution is 2.11. The third kappa shape index (κ3) is 4.31. The van der Waals surface area contributed by atoms with Gasteiger partial charge in [0.05, 0.1) is 6.61 Å². The van der Waals surface area contributed by atoms with Crippen molar-refractivity contribution in [1.82, 2.24) is 0 Å². The number of carbonyl (C=O) groups is 1. The minimum atomic E-state index is -0.416. The van der Waals surface area contributed by atoms with Crippen LogP contribution in [0.2, 0.25) is 0 Å². The fourth-order valence-corrected chi connectivity index (χ4v) is 1.79. The third-order valence-corrected chi connectivity index (χ3v) is 2.81. The Morgan fingerprint density at radius 2 is 1.90 bits per heavy atom. The lowest BCUT2D eigenvalue weighted by molar-refractivity contribution is 0.100. The first-order valence-corrected chi connectivity index (χ1v) is 6.57. The molecule has 4 heteroatoms. The number of benzene rings is 2. The molecule has 0 aliphatic heterocycles. The SMILES string of the molecule is NC(=O)c1cccc(NCCCOc2ccccc2)c1. The van der Waals surface area contributed by atoms with Crippen LogP contribution in [0, 0.1) is 0 Å². The molecule has 0 radical (unpaired) electrons. The minimum Gasteiger partial charge on any atom is -0.494 e. The molecule has 0 heterocycles. The number of rotatable bonds is 7. The van der Waals surface area contributed by atoms with E-state index in [1.165, 1.54) is 0 Å². The second kappa shape index (κ2) is 7.19. The molecule has 0 spiro atoms. The normalized spacial score (nSPS) is 10.0. The Kier molecular flexibility index (Phi) is 5.00. The Hall–Kier alpha value is -2.49. The molecule has 0 saturated carbocycles. The van der Waals surface area contributed by atoms with Gasteiger partial charge in [-0.15, -0.1) is 0 Å². The summed E-state index contributed by atoms with van der Waals surface area (Å²) in [4.78, 5) is 11.1. The molecule has 0 atom stereocenters. The van der Waals surface area contributed by atoms with Gasteiger partial charge in [-0.1, -0.05) is 24.3 Å². The van der Waals surface area contributed by atoms with Crippen molar-refractivity contribution in [2.75, 3.05) is 18.5 Å². The summed E-state index contributed by atoms with van der Waals surface area (Å²) in [5.74, 6) is 0.462. The van der Waals surface area contributed by atoms with Crippen molar-refractivity contribution in [3.8, 4) is 5.75 Å². The molecule has 0 bridgehead atoms. The monoisotopic (exact) mass is 270 g/mol. The van der Waals surface area contributed by atoms with Gasteiger partial charge in [-0.2, -0.15) is 0 Å². The first-order chi connectivity index (χ1) is 9.75. The molecule has 0 fully saturated rings. The van der Waals surface area contributed by atoms with E-state index in [2.05, 4.69) is 5.32 Å². The Labute approximate surface area is 118 Å². The molecule has 2 aromatic carbocycles. The van der Waals surface area contributed by atoms with E-state index >= 15 is 0 Å². The van der Waals surface area contributed by atoms with Gasteiger partial charge in [-0.05, 0) is 36.8 Å². The Bertz CT molecular complexity index is 555. The van der Waals surface area contributed by atoms with E-state index < -0.39 is 5.91 Å². The summed E-state index contributed by atoms with van der Waals surface area (Å²) < 4.78 is 5.59. The van der Waals surface area contributed by atoms with Crippen LogP contribution in [-0.4, -0.2) is 19.1 Å². The number of para-hydroxylation sites is 1. The third-order valence-electron chi connectivity index (χ3n) is 2.81. The van der Waals surface area contributed by atoms with E-state index in [9.17, 15) is 4.79 Å². The molecule has 0 aliphatic rings. The van der Waals surface area contributed by atoms with E-state index in [1.807, 2.05) is 42.5 Å². The van der Waals surface area contributed by atoms with Crippen LogP contribution in [0.5, 0.6) is 5.75 Å². The highest BCUT2D eigenvalue weighted by molar-refractivity contribution is 5.93. The summed E-state index contributed by atoms with van der Waals surface area (Å²) in [5.41, 5.74) is 6.64. The second-order valence-electron chi connectivity index (χ2n) is 4.39. The maximum Gasteiger partial charge on any atom is 0.248 e. The van der Waals surface area contributed by atoms with Crippen LogP contribution in [0.15, 0.2) is 54.6 Å². The van der Waals surface area contributed by atoms with E-state index in [0.29, 0.717) is 12.2 Å². The van der Waals surface area contributed by atoms with Crippen LogP contribution in [-0.2, 0) is 0 Å². The zero-order valence-electron chi connectivity index (χ0n) is 11.2. The predicted octanol–water partition coefficient (Wildman–Crippen LogP) is 2.67. The van der Waals surface area contributed by atoms with Gasteiger partial charge in [-0.3, -0.25) is 4.79 Å². The number of anilines is 1. The van der Waals surface area contributed by atoms with Gasteiger partial charge in [0.25, 0.3) is 0 Å². The summed E-state index contributed by atoms with van der Waals surface area (Å²) in [7, 11) is 0. The van der Waals surface area contributed by atoms with E-state index in [-0.39, 0.29) is 0 Å². The average molecular weight is 270 g/mol. The Morgan fingerprint density at radius 1 is 1.10 bits per heavy atom. The quantitative estimate of drug-likeness (QED) is 0.760. The van der Waals surface area contributed by atoms with Crippen molar-refractivity contribution >= 4 is 11.6 Å². The van der Waals surface area contributed by atoms with Gasteiger partial charge < -0.3 is 15.8 Å². The van der Waals surface area contributed by atoms with Crippen molar-refractivity contribution in [2.24, 2.45) is 5.73 Å². The zero-order valence-corrected chi connectivity index (χ0v) is 11.2. The summed E-state index contributed by atoms with van der Waals surface area (Å²) in [5, 5.41) is 3.24. The highest BCUT2D eigenvalue weighted by atomic mass is 16.5. The molecular weight excluding hydrogens is 252 g/mol. The number of ether oxygens (including phenoxy) is 1. The lowest BCUT2D eigenvalue weighted by Crippen LogP contribution is -2.12. The molecule has 104 valence electrons. The summed E-state index contributed by atoms with van der Waals surface area (Å²) in [6.45, 7) is 1.42. The van der Waals surface area contributed by atoms with Crippen molar-refractivity contribution in [2.45, 2.75) is 6.42 Å². The van der Waals surface area contributed by atoms with Crippen molar-refractivity contribution in [1.29, 1.82) is 0 Å². The highest BCUT2D eigenvalue weighted by Gasteiger charge is 2.00. The fourth-order valence-electron chi connectivity index (χ4n) is 1.79. The van der Waals surface area contributed by atoms with Crippen molar-refractivity contribution in [3.05, 3.63) is 60.2 Å². The number of primary amides is 1. The molecule has 0 unspecified atom stereocenters. The van der Waals surface area contributed by atoms with Crippen molar-refractivity contribution in [3.63, 3.8) is 0 Å². The number of nitrogens with one attached hydrogen (secondary N) is 1. The lowest BCUT2D eigenvalue weighted by Gasteiger charge is -2.08. The Morgan fingerprint density at radius 3 is 2.65 bits per heavy atom. The molecule has 2 aromatic rings. The zero-order chi connectivity index (χ0) is 14.2. The van der Waals surface area contributed by atoms with Crippen LogP contribution < -0.4 is 15.8 Å². The molecule has 0 aliphatic carbocycles. The first-order valence-electron chi connectivity index (χ1n) is 6.57. The predicted molar refractivity (Wildman–Crippen MR) is 80.0 cm³/mol. The molecule has 20 heavy (non-hydrogen) atoms. The van der Waals surface area contributed by atoms with Crippen molar-refractivity contribution < 1.29 is 9.53 Å². The number of hydrogen-bond donors (Lipinski definition) is 2. The van der Waals surface area contributed by atoms with E-state index in [0.717, 1.165) is 24.4 Å². The minimum absolute atomic E-state index is 0.416. The first kappa shape index (κ1) is 13.9. The van der Waals surface area contributed by atoms with Crippen LogP contribution in [0.25, 0.3) is 0 Å². The molecule has 0 aromatic heterocycles. The van der Waals surface area contributed by atoms with Gasteiger partial charge in [0.15, 0.2) is 0 Å². The lowest BCUT2D eigenvalue weighted by atomic mass is 10.2. The number of hydrogen-bond acceptors (Lipinski definition) is 3. The van der Waals surface area contributed by atoms with Crippen LogP contribution in [0.3, 0.4) is 0 Å². The maximum atomic E-state index is 11.1. The van der Waals surface area contributed by atoms with Crippen LogP contribution >= 0.6 is 0 Å². The fraction of sp³-hybridized carbons (Fsp3) is 0.188. The molecule has 2 rings (SSSR count). The standard InChI is InChI=1S/C16H18N2O2/c17-16(19)13-6-4-7-14(12-13)18-10-5-11-20-15-8-2-1-3-9-15/h1-4,6-9,12,18H,5,10-11H2,(H2,17,19). The molecule has 4 nitrogen and oxygen atoms in total. The average Bonchev–Trinajstić information content (AvgIpc) is 2.48. The Balaban J connectivity index is 1.71. The van der Waals surface area contributed by atoms with Gasteiger partial charge in [0.2, 0.25) is 5.91 Å². The van der Waals surface area contributed by atoms with Gasteiger partial charge in [0.1, 0.15) is 5.75 Å².